The van der Waals surface area contributed by atoms with Gasteiger partial charge >= 0.3 is 23.9 Å². The first-order valence-electron chi connectivity index (χ1n) is 27.5. The van der Waals surface area contributed by atoms with Crippen LogP contribution in [0.15, 0.2) is 58.5 Å². The molecule has 522 valence electrons. The number of aliphatic imine (C=N–C) groups is 2. The van der Waals surface area contributed by atoms with Crippen molar-refractivity contribution < 1.29 is 107 Å². The number of ether oxygens (including phenoxy) is 6. The van der Waals surface area contributed by atoms with Gasteiger partial charge in [0.15, 0.2) is 11.5 Å². The van der Waals surface area contributed by atoms with E-state index in [1.807, 2.05) is 122 Å². The highest BCUT2D eigenvalue weighted by molar-refractivity contribution is 14.1. The largest absolute Gasteiger partial charge is 0.506 e. The zero-order chi connectivity index (χ0) is 71.6. The fourth-order valence-corrected chi connectivity index (χ4v) is 14.8. The van der Waals surface area contributed by atoms with Crippen LogP contribution in [0.25, 0.3) is 0 Å². The van der Waals surface area contributed by atoms with E-state index in [1.54, 1.807) is 24.3 Å². The number of halogens is 10. The second kappa shape index (κ2) is 47.5. The second-order valence-corrected chi connectivity index (χ2v) is 28.1. The lowest BCUT2D eigenvalue weighted by molar-refractivity contribution is -0.200. The number of amides is 6. The summed E-state index contributed by atoms with van der Waals surface area (Å²) >= 11 is 16.6. The Morgan fingerprint density at radius 1 is 0.632 bits per heavy atom. The van der Waals surface area contributed by atoms with E-state index < -0.39 is 105 Å². The van der Waals surface area contributed by atoms with Crippen LogP contribution in [0.5, 0.6) is 34.5 Å². The SMILES string of the molecule is CCN=C=NCCCN(C)C.COC(=O)C(Cc1cc(I)c(Oc2cc(I)c(O)c(I)c2)c(I)c1)NC(=O)COCC(=O)O.COC(=O)C(Cc1cc(I)c(Oc2cc(I)c(O)c(I)c2)c(I)c1)NC(=O)COCC(=O)ON1C(=O)CCC1=O.Cl.O=C1CCC(=O)N1O.[2H]CF. The third-order valence-corrected chi connectivity index (χ3v) is 17.9. The minimum Gasteiger partial charge on any atom is -0.506 e. The third kappa shape index (κ3) is 33.0. The number of phenolic OH excluding ortho intramolecular Hbond substituents is 2. The van der Waals surface area contributed by atoms with E-state index in [0.717, 1.165) is 51.5 Å². The number of methoxy groups -OCH3 is 2. The summed E-state index contributed by atoms with van der Waals surface area (Å²) in [5.41, 5.74) is 1.48. The van der Waals surface area contributed by atoms with Gasteiger partial charge in [-0.2, -0.15) is 5.06 Å². The summed E-state index contributed by atoms with van der Waals surface area (Å²) in [7, 11) is 5.53. The van der Waals surface area contributed by atoms with Gasteiger partial charge < -0.3 is 64.1 Å². The van der Waals surface area contributed by atoms with Crippen LogP contribution in [-0.4, -0.2) is 194 Å². The number of hydroxylamine groups is 4. The maximum Gasteiger partial charge on any atom is 0.358 e. The highest BCUT2D eigenvalue weighted by atomic mass is 127. The topological polar surface area (TPSA) is 375 Å². The fourth-order valence-electron chi connectivity index (χ4n) is 7.15. The second-order valence-electron chi connectivity index (χ2n) is 18.8. The Labute approximate surface area is 661 Å². The molecule has 2 saturated heterocycles. The van der Waals surface area contributed by atoms with Crippen molar-refractivity contribution in [3.05, 3.63) is 88.2 Å². The molecule has 0 aliphatic carbocycles. The maximum absolute atomic E-state index is 12.4. The molecule has 4 aromatic carbocycles. The lowest BCUT2D eigenvalue weighted by atomic mass is 10.1. The average molecular weight is 2250 g/mol. The van der Waals surface area contributed by atoms with E-state index in [2.05, 4.69) is 141 Å². The Bertz CT molecular complexity index is 3330. The van der Waals surface area contributed by atoms with Crippen LogP contribution in [0.1, 0.15) is 51.5 Å². The summed E-state index contributed by atoms with van der Waals surface area (Å²) in [5, 5.41) is 42.5. The summed E-state index contributed by atoms with van der Waals surface area (Å²) in [4.78, 5) is 129. The van der Waals surface area contributed by atoms with Crippen molar-refractivity contribution in [2.75, 3.05) is 81.5 Å². The van der Waals surface area contributed by atoms with E-state index in [-0.39, 0.29) is 67.5 Å². The molecule has 4 aromatic rings. The van der Waals surface area contributed by atoms with Crippen molar-refractivity contribution in [3.8, 4) is 34.5 Å². The van der Waals surface area contributed by atoms with Gasteiger partial charge in [0.2, 0.25) is 11.8 Å². The molecule has 0 aromatic heterocycles. The van der Waals surface area contributed by atoms with Gasteiger partial charge in [0.1, 0.15) is 61.5 Å². The molecule has 6 amide bonds. The minimum absolute atomic E-state index is 0. The van der Waals surface area contributed by atoms with Gasteiger partial charge in [-0.15, -0.1) is 17.5 Å². The highest BCUT2D eigenvalue weighted by Crippen LogP contribution is 2.39. The number of carboxylic acid groups (broad SMARTS) is 1. The van der Waals surface area contributed by atoms with Gasteiger partial charge in [-0.05, 0) is 274 Å². The minimum atomic E-state index is -1.20. The molecule has 0 spiro atoms. The molecule has 95 heavy (non-hydrogen) atoms. The van der Waals surface area contributed by atoms with Crippen molar-refractivity contribution in [2.24, 2.45) is 9.98 Å². The molecule has 38 heteroatoms. The monoisotopic (exact) mass is 2250 g/mol. The van der Waals surface area contributed by atoms with Gasteiger partial charge in [-0.1, -0.05) is 0 Å². The molecule has 2 aliphatic rings. The number of rotatable bonds is 26. The van der Waals surface area contributed by atoms with Gasteiger partial charge in [-0.3, -0.25) is 38.4 Å². The Morgan fingerprint density at radius 3 is 1.33 bits per heavy atom. The van der Waals surface area contributed by atoms with Crippen molar-refractivity contribution in [2.45, 2.75) is 64.0 Å². The molecule has 6 N–H and O–H groups in total. The van der Waals surface area contributed by atoms with Crippen molar-refractivity contribution in [1.29, 1.82) is 0 Å². The molecule has 2 unspecified atom stereocenters. The van der Waals surface area contributed by atoms with Crippen LogP contribution in [0.4, 0.5) is 4.39 Å². The fraction of sp³-hybridized carbons (Fsp3) is 0.386. The van der Waals surface area contributed by atoms with Crippen LogP contribution in [0, 0.1) is 28.6 Å². The zero-order valence-corrected chi connectivity index (χ0v) is 68.7. The Kier molecular flexibility index (Phi) is 43.8. The molecule has 0 radical (unpaired) electrons. The first kappa shape index (κ1) is 87.5. The van der Waals surface area contributed by atoms with E-state index in [1.165, 1.54) is 14.2 Å². The van der Waals surface area contributed by atoms with Crippen molar-refractivity contribution in [1.82, 2.24) is 25.7 Å². The highest BCUT2D eigenvalue weighted by Gasteiger charge is 2.33. The number of nitrogens with one attached hydrogen (secondary N) is 2. The lowest BCUT2D eigenvalue weighted by Crippen LogP contribution is -2.44. The molecule has 0 bridgehead atoms. The Balaban J connectivity index is 0.000000729. The normalized spacial score (nSPS) is 12.8. The van der Waals surface area contributed by atoms with Crippen molar-refractivity contribution >= 4 is 258 Å². The quantitative estimate of drug-likeness (QED) is 0.00852. The van der Waals surface area contributed by atoms with E-state index in [0.29, 0.717) is 42.3 Å². The number of imide groups is 2. The zero-order valence-electron chi connectivity index (χ0n) is 51.7. The number of aliphatic carboxylic acids is 1. The first-order valence-corrected chi connectivity index (χ1v) is 35.4. The van der Waals surface area contributed by atoms with Crippen LogP contribution < -0.4 is 20.1 Å². The molecule has 2 fully saturated rings. The number of esters is 2. The lowest BCUT2D eigenvalue weighted by Gasteiger charge is -2.18. The maximum atomic E-state index is 12.4. The first-order chi connectivity index (χ1) is 44.8. The van der Waals surface area contributed by atoms with Crippen LogP contribution in [-0.2, 0) is 84.6 Å². The number of carboxylic acids is 1. The average Bonchev–Trinajstić information content (AvgIpc) is 1.22. The van der Waals surface area contributed by atoms with Gasteiger partial charge in [-0.25, -0.2) is 29.2 Å². The third-order valence-electron chi connectivity index (χ3n) is 11.4. The summed E-state index contributed by atoms with van der Waals surface area (Å²) in [6, 6.07) is 14.8. The molecule has 2 heterocycles. The number of carbonyl (C=O) groups is 10. The number of hydrogen-bond donors (Lipinski definition) is 6. The molecule has 28 nitrogen and oxygen atoms in total. The summed E-state index contributed by atoms with van der Waals surface area (Å²) in [5.74, 6) is -4.42. The van der Waals surface area contributed by atoms with Crippen LogP contribution in [0.2, 0.25) is 0 Å². The summed E-state index contributed by atoms with van der Waals surface area (Å²) < 4.78 is 52.7. The van der Waals surface area contributed by atoms with E-state index in [9.17, 15) is 62.5 Å². The van der Waals surface area contributed by atoms with Crippen LogP contribution in [0.3, 0.4) is 0 Å². The number of alkyl halides is 1. The standard InChI is InChI=1S/C24H20I4N2O10.C20H17I4NO8.C8H17N3.C4H5NO3.CH3F.ClH/c1-37-24(36)17(29-18(31)9-38-10-21(34)40-30-19(32)2-3-20(30)33)6-11-4-15(27)23(16(28)5-11)39-12-7-13(25)22(35)14(26)8-12;1-31-20(30)15(25-16(26)7-32-8-17(27)28)4-9-2-13(23)19(14(24)3-9)33-10-5-11(21)18(29)12(22)6-10;1-4-9-8-10-6-5-7-11(2)3;6-3-1-2-4(7)5(3)8;1-2;/h4-5,7-8,17,35H,2-3,6,9-10H2,1H3,(H,29,31);2-3,5-6,15,29H,4,7-8H2,1H3,(H,25,26)(H,27,28);4-7H2,1-3H3;8H,1-2H2;1H3;1H/i;;;;1D;. The number of phenols is 2. The Morgan fingerprint density at radius 2 is 1.00 bits per heavy atom. The smallest absolute Gasteiger partial charge is 0.358 e. The number of benzene rings is 4. The van der Waals surface area contributed by atoms with Gasteiger partial charge in [0, 0.05) is 45.1 Å². The summed E-state index contributed by atoms with van der Waals surface area (Å²) in [6.45, 7) is 2.28. The molecular weight excluding hydrogens is 2190 g/mol. The van der Waals surface area contributed by atoms with Gasteiger partial charge in [0.25, 0.3) is 23.6 Å². The number of nitrogens with zero attached hydrogens (tertiary/aromatic N) is 5. The predicted octanol–water partition coefficient (Wildman–Crippen LogP) is 9.00. The number of aromatic hydroxyl groups is 2. The van der Waals surface area contributed by atoms with E-state index in [4.69, 9.17) is 40.1 Å². The molecule has 0 saturated carbocycles. The number of carbonyl (C=O) groups excluding carboxylic acids is 9. The molecule has 2 atom stereocenters. The Hall–Kier alpha value is -3.54. The predicted molar refractivity (Wildman–Crippen MR) is 408 cm³/mol. The van der Waals surface area contributed by atoms with Crippen molar-refractivity contribution in [3.63, 3.8) is 0 Å². The molecule has 2 aliphatic heterocycles. The van der Waals surface area contributed by atoms with E-state index >= 15 is 0 Å². The molecular formula is C57H63ClFI8N7O21. The summed E-state index contributed by atoms with van der Waals surface area (Å²) in [6.07, 6.45) is 1.54. The van der Waals surface area contributed by atoms with Gasteiger partial charge in [0.05, 0.1) is 63.9 Å². The van der Waals surface area contributed by atoms with Crippen LogP contribution >= 0.6 is 193 Å². The molecule has 6 rings (SSSR count). The number of hydrogen-bond acceptors (Lipinski definition) is 23.